The maximum Gasteiger partial charge on any atom is 0.161 e. The van der Waals surface area contributed by atoms with Crippen LogP contribution in [0.15, 0.2) is 0 Å². The lowest BCUT2D eigenvalue weighted by molar-refractivity contribution is -0.132. The molecule has 0 spiro atoms. The molecule has 1 aliphatic carbocycles. The minimum absolute atomic E-state index is 0.106. The van der Waals surface area contributed by atoms with Gasteiger partial charge in [0.25, 0.3) is 0 Å². The van der Waals surface area contributed by atoms with Crippen LogP contribution < -0.4 is 0 Å². The van der Waals surface area contributed by atoms with E-state index in [-0.39, 0.29) is 6.10 Å². The van der Waals surface area contributed by atoms with Crippen molar-refractivity contribution in [2.45, 2.75) is 31.8 Å². The average molecular weight is 202 g/mol. The Bertz CT molecular complexity index is 170. The molecule has 0 aromatic rings. The molecule has 0 saturated heterocycles. The van der Waals surface area contributed by atoms with Gasteiger partial charge in [0, 0.05) is 13.5 Å². The Morgan fingerprint density at radius 2 is 2.31 bits per heavy atom. The molecule has 2 nitrogen and oxygen atoms in total. The van der Waals surface area contributed by atoms with Gasteiger partial charge in [-0.2, -0.15) is 11.8 Å². The highest BCUT2D eigenvalue weighted by Gasteiger charge is 2.27. The quantitative estimate of drug-likeness (QED) is 0.698. The van der Waals surface area contributed by atoms with Gasteiger partial charge in [-0.05, 0) is 37.2 Å². The second-order valence-electron chi connectivity index (χ2n) is 3.62. The zero-order valence-corrected chi connectivity index (χ0v) is 9.23. The van der Waals surface area contributed by atoms with Gasteiger partial charge < -0.3 is 4.74 Å². The van der Waals surface area contributed by atoms with E-state index in [9.17, 15) is 4.79 Å². The highest BCUT2D eigenvalue weighted by molar-refractivity contribution is 7.98. The van der Waals surface area contributed by atoms with Gasteiger partial charge >= 0.3 is 0 Å². The number of hydrogen-bond donors (Lipinski definition) is 0. The Morgan fingerprint density at radius 3 is 2.85 bits per heavy atom. The van der Waals surface area contributed by atoms with E-state index in [1.807, 2.05) is 11.8 Å². The summed E-state index contributed by atoms with van der Waals surface area (Å²) < 4.78 is 5.10. The number of carbonyl (C=O) groups excluding carboxylic acids is 1. The standard InChI is InChI=1S/C10H18O2S/c1-12-10-4-3-8(5-6-13-2)7-9(10)11/h8,10H,3-7H2,1-2H3. The van der Waals surface area contributed by atoms with Crippen molar-refractivity contribution >= 4 is 17.5 Å². The third-order valence-electron chi connectivity index (χ3n) is 2.70. The lowest BCUT2D eigenvalue weighted by atomic mass is 9.85. The molecule has 13 heavy (non-hydrogen) atoms. The van der Waals surface area contributed by atoms with Crippen molar-refractivity contribution in [2.24, 2.45) is 5.92 Å². The number of rotatable bonds is 4. The molecule has 1 fully saturated rings. The summed E-state index contributed by atoms with van der Waals surface area (Å²) >= 11 is 1.86. The van der Waals surface area contributed by atoms with Crippen LogP contribution in [0.2, 0.25) is 0 Å². The van der Waals surface area contributed by atoms with E-state index in [1.165, 1.54) is 12.2 Å². The summed E-state index contributed by atoms with van der Waals surface area (Å²) in [5.41, 5.74) is 0. The first kappa shape index (κ1) is 11.1. The van der Waals surface area contributed by atoms with Gasteiger partial charge in [0.2, 0.25) is 0 Å². The first-order valence-electron chi connectivity index (χ1n) is 4.82. The number of carbonyl (C=O) groups is 1. The highest BCUT2D eigenvalue weighted by atomic mass is 32.2. The summed E-state index contributed by atoms with van der Waals surface area (Å²) in [6.45, 7) is 0. The predicted molar refractivity (Wildman–Crippen MR) is 56.1 cm³/mol. The Morgan fingerprint density at radius 1 is 1.54 bits per heavy atom. The predicted octanol–water partition coefficient (Wildman–Crippen LogP) is 2.12. The van der Waals surface area contributed by atoms with Crippen LogP contribution in [-0.2, 0) is 9.53 Å². The monoisotopic (exact) mass is 202 g/mol. The molecule has 0 amide bonds. The largest absolute Gasteiger partial charge is 0.374 e. The molecule has 76 valence electrons. The lowest BCUT2D eigenvalue weighted by Gasteiger charge is -2.26. The van der Waals surface area contributed by atoms with Gasteiger partial charge in [-0.15, -0.1) is 0 Å². The molecular weight excluding hydrogens is 184 g/mol. The molecular formula is C10H18O2S. The Balaban J connectivity index is 2.28. The van der Waals surface area contributed by atoms with Crippen LogP contribution in [0.5, 0.6) is 0 Å². The number of ether oxygens (including phenoxy) is 1. The first-order chi connectivity index (χ1) is 6.27. The van der Waals surface area contributed by atoms with Crippen molar-refractivity contribution in [3.8, 4) is 0 Å². The van der Waals surface area contributed by atoms with E-state index in [0.717, 1.165) is 19.3 Å². The molecule has 0 aromatic carbocycles. The maximum atomic E-state index is 11.5. The zero-order chi connectivity index (χ0) is 9.68. The molecule has 2 unspecified atom stereocenters. The molecule has 0 heterocycles. The normalized spacial score (nSPS) is 29.2. The fourth-order valence-corrected chi connectivity index (χ4v) is 2.42. The van der Waals surface area contributed by atoms with Gasteiger partial charge in [-0.3, -0.25) is 4.79 Å². The number of ketones is 1. The Hall–Kier alpha value is -0.0200. The molecule has 1 rings (SSSR count). The fourth-order valence-electron chi connectivity index (χ4n) is 1.85. The van der Waals surface area contributed by atoms with Crippen LogP contribution >= 0.6 is 11.8 Å². The second kappa shape index (κ2) is 5.66. The highest BCUT2D eigenvalue weighted by Crippen LogP contribution is 2.26. The summed E-state index contributed by atoms with van der Waals surface area (Å²) in [6, 6.07) is 0. The van der Waals surface area contributed by atoms with Crippen molar-refractivity contribution in [3.05, 3.63) is 0 Å². The number of hydrogen-bond acceptors (Lipinski definition) is 3. The summed E-state index contributed by atoms with van der Waals surface area (Å²) in [4.78, 5) is 11.5. The van der Waals surface area contributed by atoms with Crippen molar-refractivity contribution in [3.63, 3.8) is 0 Å². The van der Waals surface area contributed by atoms with Gasteiger partial charge in [0.1, 0.15) is 6.10 Å². The van der Waals surface area contributed by atoms with Gasteiger partial charge in [-0.1, -0.05) is 0 Å². The summed E-state index contributed by atoms with van der Waals surface area (Å²) in [6.07, 6.45) is 6.01. The number of Topliss-reactive ketones (excluding diaryl/α,β-unsaturated/α-hetero) is 1. The summed E-state index contributed by atoms with van der Waals surface area (Å²) in [5, 5.41) is 0. The molecule has 0 aliphatic heterocycles. The molecule has 1 saturated carbocycles. The average Bonchev–Trinajstić information content (AvgIpc) is 2.15. The third-order valence-corrected chi connectivity index (χ3v) is 3.34. The maximum absolute atomic E-state index is 11.5. The zero-order valence-electron chi connectivity index (χ0n) is 8.41. The van der Waals surface area contributed by atoms with Crippen LogP contribution in [0, 0.1) is 5.92 Å². The van der Waals surface area contributed by atoms with Gasteiger partial charge in [0.15, 0.2) is 5.78 Å². The molecule has 0 radical (unpaired) electrons. The molecule has 0 N–H and O–H groups in total. The number of methoxy groups -OCH3 is 1. The molecule has 2 atom stereocenters. The van der Waals surface area contributed by atoms with E-state index < -0.39 is 0 Å². The van der Waals surface area contributed by atoms with Crippen LogP contribution in [0.25, 0.3) is 0 Å². The SMILES string of the molecule is COC1CCC(CCSC)CC1=O. The molecule has 0 aromatic heterocycles. The van der Waals surface area contributed by atoms with Gasteiger partial charge in [0.05, 0.1) is 0 Å². The molecule has 0 bridgehead atoms. The van der Waals surface area contributed by atoms with Crippen molar-refractivity contribution in [1.29, 1.82) is 0 Å². The Kier molecular flexibility index (Phi) is 4.81. The van der Waals surface area contributed by atoms with E-state index in [1.54, 1.807) is 7.11 Å². The topological polar surface area (TPSA) is 26.3 Å². The van der Waals surface area contributed by atoms with Crippen LogP contribution in [0.3, 0.4) is 0 Å². The molecule has 1 aliphatic rings. The van der Waals surface area contributed by atoms with Crippen LogP contribution in [0.4, 0.5) is 0 Å². The van der Waals surface area contributed by atoms with E-state index >= 15 is 0 Å². The van der Waals surface area contributed by atoms with Gasteiger partial charge in [-0.25, -0.2) is 0 Å². The smallest absolute Gasteiger partial charge is 0.161 e. The summed E-state index contributed by atoms with van der Waals surface area (Å²) in [7, 11) is 1.63. The van der Waals surface area contributed by atoms with Crippen molar-refractivity contribution < 1.29 is 9.53 Å². The molecule has 3 heteroatoms. The third kappa shape index (κ3) is 3.31. The Labute approximate surface area is 84.4 Å². The van der Waals surface area contributed by atoms with Crippen LogP contribution in [-0.4, -0.2) is 31.0 Å². The van der Waals surface area contributed by atoms with Crippen molar-refractivity contribution in [2.75, 3.05) is 19.1 Å². The summed E-state index contributed by atoms with van der Waals surface area (Å²) in [5.74, 6) is 2.10. The second-order valence-corrected chi connectivity index (χ2v) is 4.61. The van der Waals surface area contributed by atoms with Crippen molar-refractivity contribution in [1.82, 2.24) is 0 Å². The van der Waals surface area contributed by atoms with E-state index in [4.69, 9.17) is 4.74 Å². The first-order valence-corrected chi connectivity index (χ1v) is 6.21. The van der Waals surface area contributed by atoms with E-state index in [0.29, 0.717) is 11.7 Å². The van der Waals surface area contributed by atoms with Crippen LogP contribution in [0.1, 0.15) is 25.7 Å². The lowest BCUT2D eigenvalue weighted by Crippen LogP contribution is -2.31. The van der Waals surface area contributed by atoms with E-state index in [2.05, 4.69) is 6.26 Å². The minimum atomic E-state index is -0.106. The fraction of sp³-hybridized carbons (Fsp3) is 0.900. The number of thioether (sulfide) groups is 1. The minimum Gasteiger partial charge on any atom is -0.374 e.